The molecule has 0 N–H and O–H groups in total. The second kappa shape index (κ2) is 7.65. The van der Waals surface area contributed by atoms with Crippen LogP contribution in [0, 0.1) is 17.1 Å². The third-order valence-electron chi connectivity index (χ3n) is 2.97. The summed E-state index contributed by atoms with van der Waals surface area (Å²) in [7, 11) is 0. The van der Waals surface area contributed by atoms with Crippen molar-refractivity contribution in [2.75, 3.05) is 13.1 Å². The van der Waals surface area contributed by atoms with E-state index < -0.39 is 0 Å². The topological polar surface area (TPSA) is 44.1 Å². The fraction of sp³-hybridized carbons (Fsp3) is 0.467. The Hall–Kier alpha value is -1.73. The third-order valence-corrected chi connectivity index (χ3v) is 2.97. The van der Waals surface area contributed by atoms with Crippen molar-refractivity contribution in [3.8, 4) is 6.07 Å². The second-order valence-electron chi connectivity index (χ2n) is 4.78. The number of nitrogens with zero attached hydrogens (tertiary/aromatic N) is 2. The molecule has 0 aromatic heterocycles. The van der Waals surface area contributed by atoms with Crippen LogP contribution in [0.25, 0.3) is 0 Å². The van der Waals surface area contributed by atoms with Gasteiger partial charge in [-0.3, -0.25) is 9.69 Å². The van der Waals surface area contributed by atoms with Gasteiger partial charge in [0.1, 0.15) is 5.82 Å². The molecule has 0 fully saturated rings. The number of Topliss-reactive ketones (excluding diaryl/α,β-unsaturated/α-hetero) is 1. The number of benzene rings is 1. The van der Waals surface area contributed by atoms with Gasteiger partial charge in [0.05, 0.1) is 12.6 Å². The van der Waals surface area contributed by atoms with Gasteiger partial charge in [0.2, 0.25) is 0 Å². The summed E-state index contributed by atoms with van der Waals surface area (Å²) in [6.45, 7) is 4.78. The maximum Gasteiger partial charge on any atom is 0.151 e. The Morgan fingerprint density at radius 3 is 2.68 bits per heavy atom. The first-order valence-corrected chi connectivity index (χ1v) is 6.40. The molecule has 0 saturated carbocycles. The second-order valence-corrected chi connectivity index (χ2v) is 4.78. The van der Waals surface area contributed by atoms with Crippen molar-refractivity contribution in [1.82, 2.24) is 4.90 Å². The van der Waals surface area contributed by atoms with Crippen LogP contribution < -0.4 is 0 Å². The van der Waals surface area contributed by atoms with Crippen LogP contribution in [0.4, 0.5) is 4.39 Å². The van der Waals surface area contributed by atoms with Gasteiger partial charge >= 0.3 is 0 Å². The lowest BCUT2D eigenvalue weighted by Crippen LogP contribution is -2.37. The van der Waals surface area contributed by atoms with E-state index in [0.29, 0.717) is 18.5 Å². The van der Waals surface area contributed by atoms with Crippen molar-refractivity contribution >= 4 is 5.78 Å². The first kappa shape index (κ1) is 15.3. The Morgan fingerprint density at radius 1 is 1.42 bits per heavy atom. The summed E-state index contributed by atoms with van der Waals surface area (Å²) in [5, 5.41) is 8.59. The number of rotatable bonds is 7. The van der Waals surface area contributed by atoms with E-state index in [2.05, 4.69) is 6.07 Å². The third kappa shape index (κ3) is 5.19. The Balaban J connectivity index is 2.58. The summed E-state index contributed by atoms with van der Waals surface area (Å²) in [6, 6.07) is 8.58. The molecular formula is C15H19FN2O. The van der Waals surface area contributed by atoms with Gasteiger partial charge in [-0.05, 0) is 25.5 Å². The average molecular weight is 262 g/mol. The van der Waals surface area contributed by atoms with Gasteiger partial charge < -0.3 is 0 Å². The lowest BCUT2D eigenvalue weighted by molar-refractivity contribution is -0.120. The van der Waals surface area contributed by atoms with E-state index in [1.165, 1.54) is 6.07 Å². The molecule has 102 valence electrons. The minimum absolute atomic E-state index is 0.0308. The molecule has 3 nitrogen and oxygen atoms in total. The zero-order valence-electron chi connectivity index (χ0n) is 11.4. The van der Waals surface area contributed by atoms with Crippen LogP contribution in [0.5, 0.6) is 0 Å². The molecule has 0 aliphatic carbocycles. The van der Waals surface area contributed by atoms with Crippen LogP contribution in [0.1, 0.15) is 25.8 Å². The van der Waals surface area contributed by atoms with Gasteiger partial charge in [0.25, 0.3) is 0 Å². The SMILES string of the molecule is CC(C)N(CCC#N)CC(=O)Cc1ccccc1F. The molecule has 19 heavy (non-hydrogen) atoms. The molecule has 0 spiro atoms. The molecule has 0 amide bonds. The molecule has 1 aromatic carbocycles. The van der Waals surface area contributed by atoms with Crippen LogP contribution in [-0.4, -0.2) is 29.8 Å². The Morgan fingerprint density at radius 2 is 2.11 bits per heavy atom. The van der Waals surface area contributed by atoms with Gasteiger partial charge in [-0.25, -0.2) is 4.39 Å². The summed E-state index contributed by atoms with van der Waals surface area (Å²) in [4.78, 5) is 13.9. The van der Waals surface area contributed by atoms with Crippen molar-refractivity contribution in [3.63, 3.8) is 0 Å². The number of nitriles is 1. The highest BCUT2D eigenvalue weighted by atomic mass is 19.1. The molecule has 0 unspecified atom stereocenters. The van der Waals surface area contributed by atoms with Crippen LogP contribution in [0.2, 0.25) is 0 Å². The average Bonchev–Trinajstić information content (AvgIpc) is 2.37. The molecule has 0 heterocycles. The van der Waals surface area contributed by atoms with Gasteiger partial charge in [-0.15, -0.1) is 0 Å². The Labute approximate surface area is 113 Å². The van der Waals surface area contributed by atoms with Gasteiger partial charge in [0, 0.05) is 25.4 Å². The molecule has 4 heteroatoms. The largest absolute Gasteiger partial charge is 0.298 e. The maximum absolute atomic E-state index is 13.4. The van der Waals surface area contributed by atoms with Gasteiger partial charge in [-0.2, -0.15) is 5.26 Å². The summed E-state index contributed by atoms with van der Waals surface area (Å²) in [5.74, 6) is -0.374. The zero-order chi connectivity index (χ0) is 14.3. The molecule has 0 saturated heterocycles. The summed E-state index contributed by atoms with van der Waals surface area (Å²) >= 11 is 0. The number of hydrogen-bond acceptors (Lipinski definition) is 3. The minimum atomic E-state index is -0.344. The fourth-order valence-corrected chi connectivity index (χ4v) is 1.85. The summed E-state index contributed by atoms with van der Waals surface area (Å²) in [6.07, 6.45) is 0.494. The van der Waals surface area contributed by atoms with Crippen LogP contribution in [0.15, 0.2) is 24.3 Å². The molecule has 0 atom stereocenters. The maximum atomic E-state index is 13.4. The van der Waals surface area contributed by atoms with E-state index in [9.17, 15) is 9.18 Å². The lowest BCUT2D eigenvalue weighted by atomic mass is 10.1. The minimum Gasteiger partial charge on any atom is -0.298 e. The van der Waals surface area contributed by atoms with Crippen LogP contribution >= 0.6 is 0 Å². The van der Waals surface area contributed by atoms with E-state index in [4.69, 9.17) is 5.26 Å². The van der Waals surface area contributed by atoms with Crippen molar-refractivity contribution in [2.24, 2.45) is 0 Å². The predicted octanol–water partition coefficient (Wildman–Crippen LogP) is 2.56. The zero-order valence-corrected chi connectivity index (χ0v) is 11.4. The van der Waals surface area contributed by atoms with Crippen molar-refractivity contribution in [2.45, 2.75) is 32.7 Å². The monoisotopic (exact) mass is 262 g/mol. The van der Waals surface area contributed by atoms with Crippen molar-refractivity contribution in [1.29, 1.82) is 5.26 Å². The Bertz CT molecular complexity index is 465. The molecule has 0 bridgehead atoms. The molecule has 0 radical (unpaired) electrons. The number of halogens is 1. The number of hydrogen-bond donors (Lipinski definition) is 0. The van der Waals surface area contributed by atoms with Crippen molar-refractivity contribution in [3.05, 3.63) is 35.6 Å². The molecule has 1 rings (SSSR count). The van der Waals surface area contributed by atoms with Crippen LogP contribution in [0.3, 0.4) is 0 Å². The van der Waals surface area contributed by atoms with Gasteiger partial charge in [-0.1, -0.05) is 18.2 Å². The number of carbonyl (C=O) groups is 1. The molecular weight excluding hydrogens is 243 g/mol. The first-order valence-electron chi connectivity index (χ1n) is 6.40. The normalized spacial score (nSPS) is 10.7. The van der Waals surface area contributed by atoms with E-state index >= 15 is 0 Å². The van der Waals surface area contributed by atoms with Gasteiger partial charge in [0.15, 0.2) is 5.78 Å². The predicted molar refractivity (Wildman–Crippen MR) is 72.1 cm³/mol. The van der Waals surface area contributed by atoms with E-state index in [1.807, 2.05) is 18.7 Å². The van der Waals surface area contributed by atoms with E-state index in [0.717, 1.165) is 0 Å². The highest BCUT2D eigenvalue weighted by molar-refractivity contribution is 5.82. The summed E-state index contributed by atoms with van der Waals surface area (Å²) < 4.78 is 13.4. The molecule has 0 aliphatic rings. The highest BCUT2D eigenvalue weighted by Gasteiger charge is 2.15. The molecule has 0 aliphatic heterocycles. The van der Waals surface area contributed by atoms with E-state index in [1.54, 1.807) is 18.2 Å². The highest BCUT2D eigenvalue weighted by Crippen LogP contribution is 2.08. The standard InChI is InChI=1S/C15H19FN2O/c1-12(2)18(9-5-8-17)11-14(19)10-13-6-3-4-7-15(13)16/h3-4,6-7,12H,5,9-11H2,1-2H3. The lowest BCUT2D eigenvalue weighted by Gasteiger charge is -2.24. The number of ketones is 1. The van der Waals surface area contributed by atoms with Crippen LogP contribution in [-0.2, 0) is 11.2 Å². The first-order chi connectivity index (χ1) is 9.04. The fourth-order valence-electron chi connectivity index (χ4n) is 1.85. The summed E-state index contributed by atoms with van der Waals surface area (Å²) in [5.41, 5.74) is 0.427. The smallest absolute Gasteiger partial charge is 0.151 e. The molecule has 1 aromatic rings. The quantitative estimate of drug-likeness (QED) is 0.758. The van der Waals surface area contributed by atoms with Crippen molar-refractivity contribution < 1.29 is 9.18 Å². The van der Waals surface area contributed by atoms with E-state index in [-0.39, 0.29) is 30.6 Å². The Kier molecular flexibility index (Phi) is 6.17. The number of carbonyl (C=O) groups excluding carboxylic acids is 1.